The van der Waals surface area contributed by atoms with Crippen LogP contribution in [-0.2, 0) is 9.59 Å². The first-order valence-corrected chi connectivity index (χ1v) is 9.19. The molecule has 6 nitrogen and oxygen atoms in total. The van der Waals surface area contributed by atoms with Crippen LogP contribution >= 0.6 is 11.6 Å². The zero-order valence-corrected chi connectivity index (χ0v) is 15.8. The first-order chi connectivity index (χ1) is 13.3. The van der Waals surface area contributed by atoms with Crippen LogP contribution in [0.2, 0.25) is 5.02 Å². The van der Waals surface area contributed by atoms with E-state index in [1.165, 1.54) is 0 Å². The summed E-state index contributed by atoms with van der Waals surface area (Å²) in [5.41, 5.74) is 1.98. The second-order valence-electron chi connectivity index (χ2n) is 7.17. The third-order valence-corrected chi connectivity index (χ3v) is 5.55. The predicted octanol–water partition coefficient (Wildman–Crippen LogP) is 3.81. The number of carbonyl (C=O) groups is 2. The van der Waals surface area contributed by atoms with E-state index < -0.39 is 11.9 Å². The molecule has 2 N–H and O–H groups in total. The SMILES string of the molecule is CN1C[C@@H]2c3cc(Cl)ccc3Oc3ccc(/C(=C/C(=O)O)C(=O)O)cc3[C@H]2C1. The molecule has 0 bridgehead atoms. The van der Waals surface area contributed by atoms with Crippen LogP contribution in [0.25, 0.3) is 5.57 Å². The number of aliphatic carboxylic acids is 2. The van der Waals surface area contributed by atoms with E-state index in [2.05, 4.69) is 4.90 Å². The van der Waals surface area contributed by atoms with E-state index in [1.54, 1.807) is 24.3 Å². The normalized spacial score (nSPS) is 21.1. The molecular formula is C21H18ClNO5. The second kappa shape index (κ2) is 6.96. The molecule has 0 aliphatic carbocycles. The molecule has 0 aromatic heterocycles. The van der Waals surface area contributed by atoms with Gasteiger partial charge in [0.1, 0.15) is 11.5 Å². The summed E-state index contributed by atoms with van der Waals surface area (Å²) < 4.78 is 6.14. The number of rotatable bonds is 3. The van der Waals surface area contributed by atoms with Crippen molar-refractivity contribution >= 4 is 29.1 Å². The van der Waals surface area contributed by atoms with Gasteiger partial charge in [-0.3, -0.25) is 0 Å². The molecule has 2 heterocycles. The maximum atomic E-state index is 11.6. The molecule has 0 spiro atoms. The van der Waals surface area contributed by atoms with Crippen molar-refractivity contribution in [3.05, 3.63) is 64.2 Å². The number of halogens is 1. The number of carboxylic acid groups (broad SMARTS) is 2. The first-order valence-electron chi connectivity index (χ1n) is 8.81. The quantitative estimate of drug-likeness (QED) is 0.763. The Kier molecular flexibility index (Phi) is 4.61. The van der Waals surface area contributed by atoms with E-state index >= 15 is 0 Å². The Morgan fingerprint density at radius 3 is 2.29 bits per heavy atom. The maximum absolute atomic E-state index is 11.6. The molecule has 0 radical (unpaired) electrons. The van der Waals surface area contributed by atoms with Gasteiger partial charge in [0.2, 0.25) is 0 Å². The van der Waals surface area contributed by atoms with Crippen LogP contribution in [-0.4, -0.2) is 47.2 Å². The van der Waals surface area contributed by atoms with Crippen LogP contribution in [0.15, 0.2) is 42.5 Å². The highest BCUT2D eigenvalue weighted by molar-refractivity contribution is 6.30. The summed E-state index contributed by atoms with van der Waals surface area (Å²) in [4.78, 5) is 24.9. The summed E-state index contributed by atoms with van der Waals surface area (Å²) in [6, 6.07) is 10.6. The van der Waals surface area contributed by atoms with E-state index in [4.69, 9.17) is 21.4 Å². The lowest BCUT2D eigenvalue weighted by Gasteiger charge is -2.18. The van der Waals surface area contributed by atoms with Gasteiger partial charge in [-0.2, -0.15) is 0 Å². The van der Waals surface area contributed by atoms with Crippen LogP contribution in [0.4, 0.5) is 0 Å². The summed E-state index contributed by atoms with van der Waals surface area (Å²) >= 11 is 6.22. The Morgan fingerprint density at radius 2 is 1.68 bits per heavy atom. The lowest BCUT2D eigenvalue weighted by molar-refractivity contribution is -0.133. The number of carboxylic acids is 2. The molecule has 0 amide bonds. The minimum atomic E-state index is -1.30. The molecule has 2 aromatic carbocycles. The van der Waals surface area contributed by atoms with E-state index in [0.29, 0.717) is 22.4 Å². The molecular weight excluding hydrogens is 382 g/mol. The summed E-state index contributed by atoms with van der Waals surface area (Å²) in [6.07, 6.45) is 0.717. The van der Waals surface area contributed by atoms with Gasteiger partial charge in [0.25, 0.3) is 0 Å². The average Bonchev–Trinajstić information content (AvgIpc) is 2.97. The van der Waals surface area contributed by atoms with Gasteiger partial charge in [0.15, 0.2) is 0 Å². The Morgan fingerprint density at radius 1 is 1.07 bits per heavy atom. The van der Waals surface area contributed by atoms with Crippen LogP contribution in [0, 0.1) is 0 Å². The largest absolute Gasteiger partial charge is 0.478 e. The number of nitrogens with zero attached hydrogens (tertiary/aromatic N) is 1. The molecule has 2 aliphatic heterocycles. The van der Waals surface area contributed by atoms with E-state index in [9.17, 15) is 14.7 Å². The fourth-order valence-corrected chi connectivity index (χ4v) is 4.32. The van der Waals surface area contributed by atoms with Crippen molar-refractivity contribution in [1.29, 1.82) is 0 Å². The van der Waals surface area contributed by atoms with Crippen LogP contribution in [0.3, 0.4) is 0 Å². The molecule has 7 heteroatoms. The van der Waals surface area contributed by atoms with Crippen LogP contribution < -0.4 is 4.74 Å². The Bertz CT molecular complexity index is 1020. The highest BCUT2D eigenvalue weighted by Crippen LogP contribution is 2.50. The minimum absolute atomic E-state index is 0.0829. The molecule has 0 unspecified atom stereocenters. The van der Waals surface area contributed by atoms with Gasteiger partial charge in [-0.1, -0.05) is 17.7 Å². The first kappa shape index (κ1) is 18.5. The Balaban J connectivity index is 1.87. The zero-order valence-electron chi connectivity index (χ0n) is 15.1. The van der Waals surface area contributed by atoms with Gasteiger partial charge < -0.3 is 19.8 Å². The molecule has 1 fully saturated rings. The van der Waals surface area contributed by atoms with Crippen molar-refractivity contribution in [1.82, 2.24) is 4.90 Å². The standard InChI is InChI=1S/C21H18ClNO5/c1-23-9-16-14-6-11(13(21(26)27)8-20(24)25)2-4-18(14)28-19-5-3-12(22)7-15(19)17(16)10-23/h2-8,16-17H,9-10H2,1H3,(H,24,25)(H,26,27)/b13-8-/t16-,17-/m1/s1. The van der Waals surface area contributed by atoms with E-state index in [1.807, 2.05) is 19.2 Å². The zero-order chi connectivity index (χ0) is 20.0. The smallest absolute Gasteiger partial charge is 0.336 e. The van der Waals surface area contributed by atoms with Gasteiger partial charge in [0.05, 0.1) is 5.57 Å². The highest BCUT2D eigenvalue weighted by atomic mass is 35.5. The molecule has 2 aliphatic rings. The molecule has 2 aromatic rings. The summed E-state index contributed by atoms with van der Waals surface area (Å²) in [6.45, 7) is 1.60. The van der Waals surface area contributed by atoms with Gasteiger partial charge >= 0.3 is 11.9 Å². The van der Waals surface area contributed by atoms with Crippen molar-refractivity contribution in [2.45, 2.75) is 11.8 Å². The van der Waals surface area contributed by atoms with E-state index in [0.717, 1.165) is 30.0 Å². The fourth-order valence-electron chi connectivity index (χ4n) is 4.14. The van der Waals surface area contributed by atoms with Crippen molar-refractivity contribution in [2.75, 3.05) is 20.1 Å². The lowest BCUT2D eigenvalue weighted by atomic mass is 9.83. The molecule has 4 rings (SSSR count). The monoisotopic (exact) mass is 399 g/mol. The third-order valence-electron chi connectivity index (χ3n) is 5.31. The van der Waals surface area contributed by atoms with Gasteiger partial charge in [-0.25, -0.2) is 9.59 Å². The number of hydrogen-bond donors (Lipinski definition) is 2. The third kappa shape index (κ3) is 3.25. The fraction of sp³-hybridized carbons (Fsp3) is 0.238. The van der Waals surface area contributed by atoms with Gasteiger partial charge in [-0.05, 0) is 42.9 Å². The van der Waals surface area contributed by atoms with Gasteiger partial charge in [0, 0.05) is 47.2 Å². The van der Waals surface area contributed by atoms with E-state index in [-0.39, 0.29) is 17.4 Å². The molecule has 144 valence electrons. The lowest BCUT2D eigenvalue weighted by Crippen LogP contribution is -2.14. The summed E-state index contributed by atoms with van der Waals surface area (Å²) in [5, 5.41) is 19.1. The Hall–Kier alpha value is -2.83. The number of hydrogen-bond acceptors (Lipinski definition) is 4. The number of likely N-dealkylation sites (tertiary alicyclic amines) is 1. The van der Waals surface area contributed by atoms with Crippen molar-refractivity contribution in [3.8, 4) is 11.5 Å². The topological polar surface area (TPSA) is 87.1 Å². The van der Waals surface area contributed by atoms with Crippen molar-refractivity contribution in [3.63, 3.8) is 0 Å². The number of ether oxygens (including phenoxy) is 1. The van der Waals surface area contributed by atoms with Gasteiger partial charge in [-0.15, -0.1) is 0 Å². The van der Waals surface area contributed by atoms with Crippen LogP contribution in [0.1, 0.15) is 28.5 Å². The molecule has 0 saturated carbocycles. The molecule has 1 saturated heterocycles. The molecule has 2 atom stereocenters. The summed E-state index contributed by atoms with van der Waals surface area (Å²) in [7, 11) is 2.04. The maximum Gasteiger partial charge on any atom is 0.336 e. The molecule has 28 heavy (non-hydrogen) atoms. The average molecular weight is 400 g/mol. The van der Waals surface area contributed by atoms with Crippen molar-refractivity contribution < 1.29 is 24.5 Å². The van der Waals surface area contributed by atoms with Crippen molar-refractivity contribution in [2.24, 2.45) is 0 Å². The minimum Gasteiger partial charge on any atom is -0.478 e. The Labute approximate surface area is 166 Å². The van der Waals surface area contributed by atoms with Crippen LogP contribution in [0.5, 0.6) is 11.5 Å². The predicted molar refractivity (Wildman–Crippen MR) is 104 cm³/mol. The second-order valence-corrected chi connectivity index (χ2v) is 7.61. The number of likely N-dealkylation sites (N-methyl/N-ethyl adjacent to an activating group) is 1. The summed E-state index contributed by atoms with van der Waals surface area (Å²) in [5.74, 6) is -0.974. The number of benzene rings is 2. The highest BCUT2D eigenvalue weighted by Gasteiger charge is 2.39. The number of fused-ring (bicyclic) bond motifs is 5.